The van der Waals surface area contributed by atoms with E-state index in [-0.39, 0.29) is 12.5 Å². The Balaban J connectivity index is 2.33. The van der Waals surface area contributed by atoms with Gasteiger partial charge >= 0.3 is 5.97 Å². The maximum atomic E-state index is 12.8. The van der Waals surface area contributed by atoms with Crippen LogP contribution in [0.1, 0.15) is 6.92 Å². The minimum atomic E-state index is -0.961. The highest BCUT2D eigenvalue weighted by Gasteiger charge is 2.18. The molecule has 0 saturated carbocycles. The number of hydrogen-bond acceptors (Lipinski definition) is 5. The van der Waals surface area contributed by atoms with E-state index in [0.717, 1.165) is 0 Å². The molecule has 1 atom stereocenters. The van der Waals surface area contributed by atoms with Crippen molar-refractivity contribution in [2.45, 2.75) is 13.0 Å². The predicted octanol–water partition coefficient (Wildman–Crippen LogP) is 0.341. The number of carbonyl (C=O) groups excluding carboxylic acids is 3. The largest absolute Gasteiger partial charge is 0.479 e. The molecule has 1 rings (SSSR count). The standard InChI is InChI=1S/C15H19FN2O5/c1-10(23-12-6-4-11(16)5-7-12)15(21)22-9-13(19)17-8-14(20)18(2)3/h4-7,10H,8-9H2,1-3H3,(H,17,19)/t10-/m0/s1. The minimum Gasteiger partial charge on any atom is -0.479 e. The predicted molar refractivity (Wildman–Crippen MR) is 79.2 cm³/mol. The Morgan fingerprint density at radius 2 is 1.83 bits per heavy atom. The minimum absolute atomic E-state index is 0.176. The summed E-state index contributed by atoms with van der Waals surface area (Å²) in [5, 5.41) is 2.32. The van der Waals surface area contributed by atoms with Crippen molar-refractivity contribution in [2.75, 3.05) is 27.2 Å². The van der Waals surface area contributed by atoms with Crippen LogP contribution in [0.15, 0.2) is 24.3 Å². The Bertz CT molecular complexity index is 559. The SMILES string of the molecule is C[C@H](Oc1ccc(F)cc1)C(=O)OCC(=O)NCC(=O)N(C)C. The van der Waals surface area contributed by atoms with Gasteiger partial charge in [0.15, 0.2) is 12.7 Å². The van der Waals surface area contributed by atoms with Gasteiger partial charge in [0.25, 0.3) is 5.91 Å². The lowest BCUT2D eigenvalue weighted by atomic mass is 10.3. The number of likely N-dealkylation sites (N-methyl/N-ethyl adjacent to an activating group) is 1. The van der Waals surface area contributed by atoms with Gasteiger partial charge in [-0.15, -0.1) is 0 Å². The van der Waals surface area contributed by atoms with Crippen molar-refractivity contribution in [1.29, 1.82) is 0 Å². The summed E-state index contributed by atoms with van der Waals surface area (Å²) >= 11 is 0. The van der Waals surface area contributed by atoms with E-state index in [9.17, 15) is 18.8 Å². The van der Waals surface area contributed by atoms with Gasteiger partial charge in [-0.05, 0) is 31.2 Å². The summed E-state index contributed by atoms with van der Waals surface area (Å²) in [6.07, 6.45) is -0.961. The van der Waals surface area contributed by atoms with E-state index < -0.39 is 30.4 Å². The third kappa shape index (κ3) is 6.77. The van der Waals surface area contributed by atoms with Crippen LogP contribution < -0.4 is 10.1 Å². The van der Waals surface area contributed by atoms with Crippen molar-refractivity contribution >= 4 is 17.8 Å². The first kappa shape index (κ1) is 18.4. The van der Waals surface area contributed by atoms with Crippen molar-refractivity contribution in [3.8, 4) is 5.75 Å². The molecule has 1 aromatic rings. The second-order valence-corrected chi connectivity index (χ2v) is 4.89. The van der Waals surface area contributed by atoms with Gasteiger partial charge < -0.3 is 19.7 Å². The number of amides is 2. The molecule has 0 heterocycles. The summed E-state index contributed by atoms with van der Waals surface area (Å²) in [5.74, 6) is -1.74. The summed E-state index contributed by atoms with van der Waals surface area (Å²) in [6, 6.07) is 5.14. The molecule has 0 saturated heterocycles. The molecule has 0 aliphatic heterocycles. The summed E-state index contributed by atoms with van der Waals surface area (Å²) in [5.41, 5.74) is 0. The summed E-state index contributed by atoms with van der Waals surface area (Å²) in [6.45, 7) is 0.751. The van der Waals surface area contributed by atoms with Crippen molar-refractivity contribution in [3.63, 3.8) is 0 Å². The number of benzene rings is 1. The van der Waals surface area contributed by atoms with Crippen molar-refractivity contribution in [2.24, 2.45) is 0 Å². The Morgan fingerprint density at radius 3 is 2.39 bits per heavy atom. The molecule has 7 nitrogen and oxygen atoms in total. The molecular weight excluding hydrogens is 307 g/mol. The average molecular weight is 326 g/mol. The normalized spacial score (nSPS) is 11.3. The molecule has 126 valence electrons. The first-order chi connectivity index (χ1) is 10.8. The molecular formula is C15H19FN2O5. The highest BCUT2D eigenvalue weighted by molar-refractivity contribution is 5.86. The molecule has 8 heteroatoms. The molecule has 0 unspecified atom stereocenters. The third-order valence-electron chi connectivity index (χ3n) is 2.74. The molecule has 0 radical (unpaired) electrons. The zero-order valence-corrected chi connectivity index (χ0v) is 13.2. The van der Waals surface area contributed by atoms with Gasteiger partial charge in [-0.3, -0.25) is 9.59 Å². The lowest BCUT2D eigenvalue weighted by molar-refractivity contribution is -0.154. The fraction of sp³-hybridized carbons (Fsp3) is 0.400. The van der Waals surface area contributed by atoms with Crippen LogP contribution in [0.2, 0.25) is 0 Å². The Morgan fingerprint density at radius 1 is 1.22 bits per heavy atom. The van der Waals surface area contributed by atoms with Gasteiger partial charge in [0.1, 0.15) is 11.6 Å². The van der Waals surface area contributed by atoms with E-state index in [1.807, 2.05) is 0 Å². The first-order valence-electron chi connectivity index (χ1n) is 6.85. The van der Waals surface area contributed by atoms with Gasteiger partial charge in [-0.2, -0.15) is 0 Å². The molecule has 0 spiro atoms. The van der Waals surface area contributed by atoms with E-state index >= 15 is 0 Å². The number of nitrogens with zero attached hydrogens (tertiary/aromatic N) is 1. The number of carbonyl (C=O) groups is 3. The van der Waals surface area contributed by atoms with Crippen LogP contribution in [0.5, 0.6) is 5.75 Å². The molecule has 0 aliphatic rings. The summed E-state index contributed by atoms with van der Waals surface area (Å²) in [7, 11) is 3.12. The summed E-state index contributed by atoms with van der Waals surface area (Å²) < 4.78 is 22.8. The van der Waals surface area contributed by atoms with E-state index in [1.165, 1.54) is 36.1 Å². The second kappa shape index (κ2) is 8.72. The number of rotatable bonds is 7. The molecule has 0 bridgehead atoms. The van der Waals surface area contributed by atoms with Crippen LogP contribution in [0, 0.1) is 5.82 Å². The molecule has 0 aliphatic carbocycles. The Kier molecular flexibility index (Phi) is 6.98. The van der Waals surface area contributed by atoms with Gasteiger partial charge in [-0.1, -0.05) is 0 Å². The van der Waals surface area contributed by atoms with Crippen LogP contribution >= 0.6 is 0 Å². The van der Waals surface area contributed by atoms with Gasteiger partial charge in [0, 0.05) is 14.1 Å². The Labute approximate surface area is 133 Å². The molecule has 1 aromatic carbocycles. The van der Waals surface area contributed by atoms with Crippen molar-refractivity contribution in [3.05, 3.63) is 30.1 Å². The zero-order valence-electron chi connectivity index (χ0n) is 13.2. The first-order valence-corrected chi connectivity index (χ1v) is 6.85. The molecule has 0 fully saturated rings. The van der Waals surface area contributed by atoms with Crippen LogP contribution in [0.3, 0.4) is 0 Å². The fourth-order valence-electron chi connectivity index (χ4n) is 1.40. The highest BCUT2D eigenvalue weighted by atomic mass is 19.1. The van der Waals surface area contributed by atoms with Gasteiger partial charge in [0.05, 0.1) is 6.54 Å². The monoisotopic (exact) mass is 326 g/mol. The highest BCUT2D eigenvalue weighted by Crippen LogP contribution is 2.13. The van der Waals surface area contributed by atoms with E-state index in [4.69, 9.17) is 9.47 Å². The number of ether oxygens (including phenoxy) is 2. The van der Waals surface area contributed by atoms with Gasteiger partial charge in [0.2, 0.25) is 5.91 Å². The third-order valence-corrected chi connectivity index (χ3v) is 2.74. The van der Waals surface area contributed by atoms with E-state index in [0.29, 0.717) is 5.75 Å². The molecule has 2 amide bonds. The molecule has 23 heavy (non-hydrogen) atoms. The van der Waals surface area contributed by atoms with Crippen molar-refractivity contribution < 1.29 is 28.2 Å². The smallest absolute Gasteiger partial charge is 0.347 e. The van der Waals surface area contributed by atoms with Gasteiger partial charge in [-0.25, -0.2) is 9.18 Å². The quantitative estimate of drug-likeness (QED) is 0.731. The number of nitrogens with one attached hydrogen (secondary N) is 1. The Hall–Kier alpha value is -2.64. The lowest BCUT2D eigenvalue weighted by Crippen LogP contribution is -2.39. The number of halogens is 1. The summed E-state index contributed by atoms with van der Waals surface area (Å²) in [4.78, 5) is 35.7. The topological polar surface area (TPSA) is 84.9 Å². The van der Waals surface area contributed by atoms with E-state index in [1.54, 1.807) is 14.1 Å². The lowest BCUT2D eigenvalue weighted by Gasteiger charge is -2.14. The maximum Gasteiger partial charge on any atom is 0.347 e. The van der Waals surface area contributed by atoms with Crippen LogP contribution in [-0.2, 0) is 19.1 Å². The average Bonchev–Trinajstić information content (AvgIpc) is 2.52. The zero-order chi connectivity index (χ0) is 17.4. The van der Waals surface area contributed by atoms with Crippen LogP contribution in [-0.4, -0.2) is 56.0 Å². The maximum absolute atomic E-state index is 12.8. The fourth-order valence-corrected chi connectivity index (χ4v) is 1.40. The van der Waals surface area contributed by atoms with Crippen molar-refractivity contribution in [1.82, 2.24) is 10.2 Å². The van der Waals surface area contributed by atoms with E-state index in [2.05, 4.69) is 5.32 Å². The number of hydrogen-bond donors (Lipinski definition) is 1. The molecule has 1 N–H and O–H groups in total. The van der Waals surface area contributed by atoms with Crippen LogP contribution in [0.4, 0.5) is 4.39 Å². The second-order valence-electron chi connectivity index (χ2n) is 4.89. The number of esters is 1. The van der Waals surface area contributed by atoms with Crippen LogP contribution in [0.25, 0.3) is 0 Å². The molecule has 0 aromatic heterocycles.